The molecule has 2 rings (SSSR count). The second-order valence-corrected chi connectivity index (χ2v) is 7.07. The van der Waals surface area contributed by atoms with Crippen LogP contribution in [0.3, 0.4) is 0 Å². The van der Waals surface area contributed by atoms with Gasteiger partial charge in [0.05, 0.1) is 28.5 Å². The van der Waals surface area contributed by atoms with Crippen molar-refractivity contribution in [3.8, 4) is 0 Å². The second-order valence-electron chi connectivity index (χ2n) is 5.45. The van der Waals surface area contributed by atoms with Crippen LogP contribution in [0.4, 0.5) is 5.69 Å². The van der Waals surface area contributed by atoms with Gasteiger partial charge in [0.2, 0.25) is 0 Å². The van der Waals surface area contributed by atoms with Gasteiger partial charge in [-0.1, -0.05) is 0 Å². The summed E-state index contributed by atoms with van der Waals surface area (Å²) in [6.45, 7) is 11.0. The topological polar surface area (TPSA) is 92.7 Å². The summed E-state index contributed by atoms with van der Waals surface area (Å²) >= 11 is 0. The van der Waals surface area contributed by atoms with Crippen LogP contribution in [0.15, 0.2) is 4.90 Å². The first-order chi connectivity index (χ1) is 9.65. The van der Waals surface area contributed by atoms with Gasteiger partial charge in [-0.15, -0.1) is 0 Å². The van der Waals surface area contributed by atoms with Crippen LogP contribution in [0.2, 0.25) is 0 Å². The van der Waals surface area contributed by atoms with Gasteiger partial charge in [0, 0.05) is 6.04 Å². The molecule has 8 heteroatoms. The van der Waals surface area contributed by atoms with Crippen LogP contribution in [0, 0.1) is 27.7 Å². The third-order valence-corrected chi connectivity index (χ3v) is 4.99. The highest BCUT2D eigenvalue weighted by molar-refractivity contribution is 7.92. The van der Waals surface area contributed by atoms with Gasteiger partial charge in [-0.3, -0.25) is 14.5 Å². The van der Waals surface area contributed by atoms with Crippen molar-refractivity contribution in [3.63, 3.8) is 0 Å². The van der Waals surface area contributed by atoms with Gasteiger partial charge in [0.1, 0.15) is 4.90 Å². The Balaban J connectivity index is 2.48. The van der Waals surface area contributed by atoms with Crippen molar-refractivity contribution in [1.29, 1.82) is 0 Å². The molecule has 2 aromatic rings. The third-order valence-electron chi connectivity index (χ3n) is 3.38. The van der Waals surface area contributed by atoms with Gasteiger partial charge < -0.3 is 0 Å². The summed E-state index contributed by atoms with van der Waals surface area (Å²) < 4.78 is 29.6. The molecule has 0 fully saturated rings. The van der Waals surface area contributed by atoms with Gasteiger partial charge >= 0.3 is 0 Å². The van der Waals surface area contributed by atoms with Crippen LogP contribution in [0.25, 0.3) is 0 Å². The van der Waals surface area contributed by atoms with Crippen molar-refractivity contribution in [2.24, 2.45) is 0 Å². The van der Waals surface area contributed by atoms with Gasteiger partial charge in [-0.2, -0.15) is 10.2 Å². The molecule has 0 radical (unpaired) electrons. The van der Waals surface area contributed by atoms with E-state index in [-0.39, 0.29) is 10.9 Å². The highest BCUT2D eigenvalue weighted by Gasteiger charge is 2.25. The average molecular weight is 311 g/mol. The molecule has 0 spiro atoms. The molecule has 2 N–H and O–H groups in total. The van der Waals surface area contributed by atoms with Gasteiger partial charge in [0.25, 0.3) is 10.0 Å². The molecule has 0 aromatic carbocycles. The standard InChI is InChI=1S/C13H21N5O2S/c1-7(2)18-11(6)12(8(3)16-18)17-21(19,20)13-9(4)14-15-10(13)5/h7,17H,1-6H3,(H,14,15). The van der Waals surface area contributed by atoms with E-state index in [9.17, 15) is 8.42 Å². The van der Waals surface area contributed by atoms with Crippen molar-refractivity contribution < 1.29 is 8.42 Å². The zero-order chi connectivity index (χ0) is 15.9. The van der Waals surface area contributed by atoms with Crippen LogP contribution in [-0.4, -0.2) is 28.4 Å². The smallest absolute Gasteiger partial charge is 0.265 e. The first kappa shape index (κ1) is 15.6. The molecular formula is C13H21N5O2S. The Morgan fingerprint density at radius 2 is 1.76 bits per heavy atom. The fourth-order valence-electron chi connectivity index (χ4n) is 2.44. The SMILES string of the molecule is Cc1nn(C(C)C)c(C)c1NS(=O)(=O)c1c(C)n[nH]c1C. The quantitative estimate of drug-likeness (QED) is 0.905. The Labute approximate surface area is 124 Å². The summed E-state index contributed by atoms with van der Waals surface area (Å²) in [7, 11) is -3.69. The molecule has 0 bridgehead atoms. The Hall–Kier alpha value is -1.83. The number of hydrogen-bond donors (Lipinski definition) is 2. The molecule has 116 valence electrons. The summed E-state index contributed by atoms with van der Waals surface area (Å²) in [6, 6.07) is 0.166. The number of aromatic nitrogens is 4. The van der Waals surface area contributed by atoms with Crippen molar-refractivity contribution in [2.45, 2.75) is 52.5 Å². The van der Waals surface area contributed by atoms with E-state index in [0.717, 1.165) is 5.69 Å². The molecule has 0 aliphatic carbocycles. The molecule has 0 saturated heterocycles. The van der Waals surface area contributed by atoms with E-state index in [2.05, 4.69) is 20.0 Å². The number of hydrogen-bond acceptors (Lipinski definition) is 4. The average Bonchev–Trinajstić information content (AvgIpc) is 2.83. The van der Waals surface area contributed by atoms with Crippen molar-refractivity contribution in [3.05, 3.63) is 22.8 Å². The van der Waals surface area contributed by atoms with E-state index in [1.807, 2.05) is 25.5 Å². The van der Waals surface area contributed by atoms with Gasteiger partial charge in [0.15, 0.2) is 0 Å². The minimum absolute atomic E-state index is 0.166. The number of sulfonamides is 1. The minimum atomic E-state index is -3.69. The number of rotatable bonds is 4. The first-order valence-electron chi connectivity index (χ1n) is 6.75. The number of nitrogens with one attached hydrogen (secondary N) is 2. The lowest BCUT2D eigenvalue weighted by atomic mass is 10.3. The zero-order valence-corrected chi connectivity index (χ0v) is 14.0. The maximum Gasteiger partial charge on any atom is 0.265 e. The molecule has 0 aliphatic rings. The second kappa shape index (κ2) is 5.18. The monoisotopic (exact) mass is 311 g/mol. The predicted molar refractivity (Wildman–Crippen MR) is 81.0 cm³/mol. The summed E-state index contributed by atoms with van der Waals surface area (Å²) in [5.41, 5.74) is 2.95. The van der Waals surface area contributed by atoms with Crippen LogP contribution in [0.5, 0.6) is 0 Å². The number of aromatic amines is 1. The Bertz CT molecular complexity index is 751. The molecule has 7 nitrogen and oxygen atoms in total. The lowest BCUT2D eigenvalue weighted by Crippen LogP contribution is -2.16. The summed E-state index contributed by atoms with van der Waals surface area (Å²) in [5, 5.41) is 11.0. The van der Waals surface area contributed by atoms with Crippen molar-refractivity contribution in [1.82, 2.24) is 20.0 Å². The zero-order valence-electron chi connectivity index (χ0n) is 13.1. The van der Waals surface area contributed by atoms with Crippen LogP contribution < -0.4 is 4.72 Å². The van der Waals surface area contributed by atoms with Crippen LogP contribution in [0.1, 0.15) is 42.7 Å². The molecule has 2 heterocycles. The highest BCUT2D eigenvalue weighted by Crippen LogP contribution is 2.27. The van der Waals surface area contributed by atoms with E-state index in [0.29, 0.717) is 22.8 Å². The summed E-state index contributed by atoms with van der Waals surface area (Å²) in [6.07, 6.45) is 0. The first-order valence-corrected chi connectivity index (χ1v) is 8.23. The van der Waals surface area contributed by atoms with Crippen molar-refractivity contribution in [2.75, 3.05) is 4.72 Å². The number of aryl methyl sites for hydroxylation is 3. The maximum atomic E-state index is 12.6. The number of H-pyrrole nitrogens is 1. The molecular weight excluding hydrogens is 290 g/mol. The normalized spacial score (nSPS) is 12.1. The fraction of sp³-hybridized carbons (Fsp3) is 0.538. The molecule has 0 aliphatic heterocycles. The van der Waals surface area contributed by atoms with E-state index in [1.54, 1.807) is 20.8 Å². The molecule has 21 heavy (non-hydrogen) atoms. The largest absolute Gasteiger partial charge is 0.281 e. The third kappa shape index (κ3) is 2.67. The number of anilines is 1. The summed E-state index contributed by atoms with van der Waals surface area (Å²) in [5.74, 6) is 0. The van der Waals surface area contributed by atoms with Gasteiger partial charge in [-0.25, -0.2) is 8.42 Å². The fourth-order valence-corrected chi connectivity index (χ4v) is 3.98. The van der Waals surface area contributed by atoms with E-state index >= 15 is 0 Å². The molecule has 0 amide bonds. The molecule has 0 unspecified atom stereocenters. The van der Waals surface area contributed by atoms with E-state index in [1.165, 1.54) is 0 Å². The summed E-state index contributed by atoms with van der Waals surface area (Å²) in [4.78, 5) is 0.193. The lowest BCUT2D eigenvalue weighted by Gasteiger charge is -2.10. The van der Waals surface area contributed by atoms with E-state index in [4.69, 9.17) is 0 Å². The minimum Gasteiger partial charge on any atom is -0.281 e. The number of nitrogens with zero attached hydrogens (tertiary/aromatic N) is 3. The van der Waals surface area contributed by atoms with Crippen LogP contribution >= 0.6 is 0 Å². The molecule has 0 atom stereocenters. The molecule has 2 aromatic heterocycles. The van der Waals surface area contributed by atoms with Crippen molar-refractivity contribution >= 4 is 15.7 Å². The van der Waals surface area contributed by atoms with E-state index < -0.39 is 10.0 Å². The van der Waals surface area contributed by atoms with Crippen LogP contribution in [-0.2, 0) is 10.0 Å². The predicted octanol–water partition coefficient (Wildman–Crippen LogP) is 2.22. The van der Waals surface area contributed by atoms with Gasteiger partial charge in [-0.05, 0) is 41.5 Å². The lowest BCUT2D eigenvalue weighted by molar-refractivity contribution is 0.516. The Morgan fingerprint density at radius 3 is 2.19 bits per heavy atom. The highest BCUT2D eigenvalue weighted by atomic mass is 32.2. The molecule has 0 saturated carbocycles. The maximum absolute atomic E-state index is 12.6. The Morgan fingerprint density at radius 1 is 1.14 bits per heavy atom. The Kier molecular flexibility index (Phi) is 3.83.